The molecule has 1 saturated heterocycles. The number of anilines is 1. The van der Waals surface area contributed by atoms with Gasteiger partial charge in [-0.15, -0.1) is 36.6 Å². The molecule has 1 aliphatic rings. The molecule has 0 spiro atoms. The van der Waals surface area contributed by atoms with Crippen LogP contribution in [0.2, 0.25) is 0 Å². The number of nitrogens with zero attached hydrogens (tertiary/aromatic N) is 1. The maximum absolute atomic E-state index is 12.5. The molecule has 2 heterocycles. The fourth-order valence-corrected chi connectivity index (χ4v) is 3.64. The Morgan fingerprint density at radius 2 is 2.00 bits per heavy atom. The highest BCUT2D eigenvalue weighted by molar-refractivity contribution is 7.98. The van der Waals surface area contributed by atoms with Crippen molar-refractivity contribution >= 4 is 48.2 Å². The Morgan fingerprint density at radius 1 is 1.23 bits per heavy atom. The van der Waals surface area contributed by atoms with Crippen LogP contribution in [0.4, 0.5) is 5.69 Å². The van der Waals surface area contributed by atoms with Gasteiger partial charge in [-0.05, 0) is 68.6 Å². The molecule has 1 amide bonds. The van der Waals surface area contributed by atoms with Gasteiger partial charge in [0.1, 0.15) is 0 Å². The molecule has 1 aliphatic heterocycles. The average molecular weight is 414 g/mol. The van der Waals surface area contributed by atoms with E-state index < -0.39 is 5.54 Å². The van der Waals surface area contributed by atoms with Crippen LogP contribution in [0.5, 0.6) is 0 Å². The molecule has 0 bridgehead atoms. The molecular weight excluding hydrogens is 389 g/mol. The molecule has 7 heteroatoms. The number of nitrogens with one attached hydrogen (secondary N) is 2. The van der Waals surface area contributed by atoms with Crippen molar-refractivity contribution in [2.24, 2.45) is 0 Å². The second kappa shape index (κ2) is 10.8. The predicted octanol–water partition coefficient (Wildman–Crippen LogP) is 4.69. The van der Waals surface area contributed by atoms with E-state index in [1.165, 1.54) is 10.5 Å². The van der Waals surface area contributed by atoms with Crippen LogP contribution in [-0.2, 0) is 10.5 Å². The highest BCUT2D eigenvalue weighted by atomic mass is 35.5. The third-order valence-electron chi connectivity index (χ3n) is 4.36. The third kappa shape index (κ3) is 6.16. The fraction of sp³-hybridized carbons (Fsp3) is 0.368. The molecule has 26 heavy (non-hydrogen) atoms. The Labute approximate surface area is 171 Å². The van der Waals surface area contributed by atoms with E-state index in [1.807, 2.05) is 43.5 Å². The van der Waals surface area contributed by atoms with Gasteiger partial charge in [-0.2, -0.15) is 0 Å². The summed E-state index contributed by atoms with van der Waals surface area (Å²) >= 11 is 1.76. The average Bonchev–Trinajstić information content (AvgIpc) is 2.62. The summed E-state index contributed by atoms with van der Waals surface area (Å²) in [7, 11) is 0. The smallest absolute Gasteiger partial charge is 0.244 e. The molecule has 3 rings (SSSR count). The van der Waals surface area contributed by atoms with Gasteiger partial charge < -0.3 is 10.6 Å². The largest absolute Gasteiger partial charge is 0.324 e. The van der Waals surface area contributed by atoms with Gasteiger partial charge in [0.15, 0.2) is 0 Å². The Kier molecular flexibility index (Phi) is 9.44. The number of pyridine rings is 1. The molecule has 1 unspecified atom stereocenters. The highest BCUT2D eigenvalue weighted by Gasteiger charge is 2.34. The molecule has 1 aromatic carbocycles. The highest BCUT2D eigenvalue weighted by Crippen LogP contribution is 2.25. The topological polar surface area (TPSA) is 54.0 Å². The van der Waals surface area contributed by atoms with Crippen LogP contribution in [0.3, 0.4) is 0 Å². The van der Waals surface area contributed by atoms with Crippen molar-refractivity contribution in [3.05, 3.63) is 54.4 Å². The number of benzene rings is 1. The first-order valence-electron chi connectivity index (χ1n) is 8.34. The molecule has 0 radical (unpaired) electrons. The number of rotatable bonds is 5. The fourth-order valence-electron chi connectivity index (χ4n) is 2.80. The van der Waals surface area contributed by atoms with E-state index in [0.29, 0.717) is 0 Å². The van der Waals surface area contributed by atoms with Crippen molar-refractivity contribution in [1.82, 2.24) is 10.3 Å². The van der Waals surface area contributed by atoms with Crippen LogP contribution in [0.15, 0.2) is 53.7 Å². The molecule has 2 aromatic rings. The lowest BCUT2D eigenvalue weighted by Crippen LogP contribution is -2.54. The van der Waals surface area contributed by atoms with E-state index in [-0.39, 0.29) is 30.7 Å². The lowest BCUT2D eigenvalue weighted by molar-refractivity contribution is -0.122. The Hall–Kier alpha value is -1.27. The lowest BCUT2D eigenvalue weighted by atomic mass is 9.90. The standard InChI is InChI=1S/C19H23N3OS.2ClH/c1-19(10-2-3-12-21-19)18(23)22-16-6-8-17(9-7-16)24-14-15-5-4-11-20-13-15;;/h4-9,11,13,21H,2-3,10,12,14H2,1H3,(H,22,23);2*1H. The molecule has 1 fully saturated rings. The Balaban J connectivity index is 0.00000169. The molecule has 0 saturated carbocycles. The Bertz CT molecular complexity index is 677. The van der Waals surface area contributed by atoms with Crippen molar-refractivity contribution in [2.45, 2.75) is 42.4 Å². The quantitative estimate of drug-likeness (QED) is 0.698. The summed E-state index contributed by atoms with van der Waals surface area (Å²) in [5.41, 5.74) is 1.60. The van der Waals surface area contributed by atoms with Crippen molar-refractivity contribution in [2.75, 3.05) is 11.9 Å². The first kappa shape index (κ1) is 22.8. The van der Waals surface area contributed by atoms with Crippen LogP contribution in [0.1, 0.15) is 31.7 Å². The third-order valence-corrected chi connectivity index (χ3v) is 5.44. The zero-order valence-corrected chi connectivity index (χ0v) is 17.2. The van der Waals surface area contributed by atoms with Gasteiger partial charge in [-0.1, -0.05) is 6.07 Å². The zero-order valence-electron chi connectivity index (χ0n) is 14.7. The number of halogens is 2. The van der Waals surface area contributed by atoms with Gasteiger partial charge in [0.25, 0.3) is 0 Å². The van der Waals surface area contributed by atoms with Gasteiger partial charge in [0, 0.05) is 28.7 Å². The van der Waals surface area contributed by atoms with Gasteiger partial charge in [-0.25, -0.2) is 0 Å². The van der Waals surface area contributed by atoms with Crippen molar-refractivity contribution in [1.29, 1.82) is 0 Å². The van der Waals surface area contributed by atoms with Gasteiger partial charge in [0.05, 0.1) is 5.54 Å². The van der Waals surface area contributed by atoms with E-state index >= 15 is 0 Å². The van der Waals surface area contributed by atoms with Crippen LogP contribution < -0.4 is 10.6 Å². The minimum absolute atomic E-state index is 0. The molecule has 1 aromatic heterocycles. The van der Waals surface area contributed by atoms with Crippen LogP contribution in [0.25, 0.3) is 0 Å². The summed E-state index contributed by atoms with van der Waals surface area (Å²) in [5.74, 6) is 0.944. The van der Waals surface area contributed by atoms with Crippen LogP contribution >= 0.6 is 36.6 Å². The molecule has 2 N–H and O–H groups in total. The monoisotopic (exact) mass is 413 g/mol. The lowest BCUT2D eigenvalue weighted by Gasteiger charge is -2.33. The van der Waals surface area contributed by atoms with E-state index in [0.717, 1.165) is 37.2 Å². The number of hydrogen-bond donors (Lipinski definition) is 2. The molecule has 0 aliphatic carbocycles. The number of aromatic nitrogens is 1. The minimum atomic E-state index is -0.452. The van der Waals surface area contributed by atoms with Crippen LogP contribution in [0, 0.1) is 0 Å². The first-order valence-corrected chi connectivity index (χ1v) is 9.32. The normalized spacial score (nSPS) is 19.0. The van der Waals surface area contributed by atoms with E-state index in [4.69, 9.17) is 0 Å². The van der Waals surface area contributed by atoms with Crippen molar-refractivity contribution in [3.8, 4) is 0 Å². The number of carbonyl (C=O) groups is 1. The molecule has 142 valence electrons. The SMILES string of the molecule is CC1(C(=O)Nc2ccc(SCc3cccnc3)cc2)CCCCN1.Cl.Cl. The van der Waals surface area contributed by atoms with Gasteiger partial charge in [0.2, 0.25) is 5.91 Å². The summed E-state index contributed by atoms with van der Waals surface area (Å²) in [6, 6.07) is 12.1. The maximum atomic E-state index is 12.5. The summed E-state index contributed by atoms with van der Waals surface area (Å²) < 4.78 is 0. The number of amides is 1. The molecule has 1 atom stereocenters. The van der Waals surface area contributed by atoms with E-state index in [2.05, 4.69) is 21.7 Å². The second-order valence-corrected chi connectivity index (χ2v) is 7.39. The predicted molar refractivity (Wildman–Crippen MR) is 114 cm³/mol. The number of carbonyl (C=O) groups excluding carboxylic acids is 1. The summed E-state index contributed by atoms with van der Waals surface area (Å²) in [4.78, 5) is 17.8. The van der Waals surface area contributed by atoms with Crippen LogP contribution in [-0.4, -0.2) is 23.0 Å². The van der Waals surface area contributed by atoms with Gasteiger partial charge >= 0.3 is 0 Å². The summed E-state index contributed by atoms with van der Waals surface area (Å²) in [5, 5.41) is 6.38. The van der Waals surface area contributed by atoms with Crippen molar-refractivity contribution in [3.63, 3.8) is 0 Å². The van der Waals surface area contributed by atoms with E-state index in [1.54, 1.807) is 18.0 Å². The summed E-state index contributed by atoms with van der Waals surface area (Å²) in [6.45, 7) is 2.90. The minimum Gasteiger partial charge on any atom is -0.324 e. The molecular formula is C19H25Cl2N3OS. The first-order chi connectivity index (χ1) is 11.7. The second-order valence-electron chi connectivity index (χ2n) is 6.34. The van der Waals surface area contributed by atoms with Gasteiger partial charge in [-0.3, -0.25) is 9.78 Å². The number of piperidine rings is 1. The number of hydrogen-bond acceptors (Lipinski definition) is 4. The maximum Gasteiger partial charge on any atom is 0.244 e. The van der Waals surface area contributed by atoms with E-state index in [9.17, 15) is 4.79 Å². The Morgan fingerprint density at radius 3 is 2.62 bits per heavy atom. The number of thioether (sulfide) groups is 1. The van der Waals surface area contributed by atoms with Crippen molar-refractivity contribution < 1.29 is 4.79 Å². The zero-order chi connectivity index (χ0) is 16.8. The molecule has 4 nitrogen and oxygen atoms in total. The summed E-state index contributed by atoms with van der Waals surface area (Å²) in [6.07, 6.45) is 6.80.